The molecule has 1 aromatic rings. The second kappa shape index (κ2) is 4.76. The van der Waals surface area contributed by atoms with E-state index in [1.165, 1.54) is 5.56 Å². The van der Waals surface area contributed by atoms with Crippen LogP contribution in [0.4, 0.5) is 0 Å². The van der Waals surface area contributed by atoms with Crippen molar-refractivity contribution in [1.29, 1.82) is 0 Å². The third-order valence-corrected chi connectivity index (χ3v) is 5.12. The number of benzene rings is 1. The van der Waals surface area contributed by atoms with Crippen LogP contribution in [-0.2, 0) is 0 Å². The predicted molar refractivity (Wildman–Crippen MR) is 78.3 cm³/mol. The molecule has 1 aliphatic carbocycles. The van der Waals surface area contributed by atoms with Crippen LogP contribution in [0, 0.1) is 5.41 Å². The van der Waals surface area contributed by atoms with Gasteiger partial charge < -0.3 is 15.2 Å². The highest BCUT2D eigenvalue weighted by atomic mass is 79.9. The van der Waals surface area contributed by atoms with E-state index in [2.05, 4.69) is 41.2 Å². The summed E-state index contributed by atoms with van der Waals surface area (Å²) in [5.41, 5.74) is 1.18. The maximum absolute atomic E-state index is 9.84. The van der Waals surface area contributed by atoms with E-state index in [0.29, 0.717) is 12.1 Å². The van der Waals surface area contributed by atoms with Crippen LogP contribution in [0.3, 0.4) is 0 Å². The summed E-state index contributed by atoms with van der Waals surface area (Å²) in [5, 5.41) is 13.5. The Morgan fingerprint density at radius 3 is 2.89 bits per heavy atom. The van der Waals surface area contributed by atoms with E-state index < -0.39 is 0 Å². The average molecular weight is 326 g/mol. The molecule has 2 N–H and O–H groups in total. The Morgan fingerprint density at radius 1 is 1.42 bits per heavy atom. The molecular weight excluding hydrogens is 306 g/mol. The maximum Gasteiger partial charge on any atom is 0.124 e. The highest BCUT2D eigenvalue weighted by Gasteiger charge is 2.48. The molecule has 1 aromatic carbocycles. The minimum absolute atomic E-state index is 0.0372. The molecular formula is C15H20BrNO2. The number of fused-ring (bicyclic) bond motifs is 1. The summed E-state index contributed by atoms with van der Waals surface area (Å²) >= 11 is 3.52. The molecule has 1 aliphatic heterocycles. The summed E-state index contributed by atoms with van der Waals surface area (Å²) in [6.07, 6.45) is 1.63. The van der Waals surface area contributed by atoms with E-state index in [1.807, 2.05) is 12.1 Å². The third kappa shape index (κ3) is 2.30. The van der Waals surface area contributed by atoms with Crippen LogP contribution in [0.1, 0.15) is 38.3 Å². The second-order valence-corrected chi connectivity index (χ2v) is 7.08. The molecule has 104 valence electrons. The standard InChI is InChI=1S/C15H20BrNO2/c1-15(2)13(8-14(15)18)17-11-5-6-19-12-4-3-9(16)7-10(11)12/h3-4,7,11,13-14,17-18H,5-6,8H2,1-2H3. The summed E-state index contributed by atoms with van der Waals surface area (Å²) < 4.78 is 6.78. The first kappa shape index (κ1) is 13.4. The SMILES string of the molecule is CC1(C)C(O)CC1NC1CCOc2ccc(Br)cc21. The number of aliphatic hydroxyl groups excluding tert-OH is 1. The normalized spacial score (nSPS) is 32.1. The zero-order chi connectivity index (χ0) is 13.6. The molecule has 0 spiro atoms. The molecule has 0 saturated heterocycles. The molecule has 0 radical (unpaired) electrons. The molecule has 1 fully saturated rings. The van der Waals surface area contributed by atoms with Crippen molar-refractivity contribution >= 4 is 15.9 Å². The molecule has 0 aromatic heterocycles. The van der Waals surface area contributed by atoms with E-state index in [1.54, 1.807) is 0 Å². The fraction of sp³-hybridized carbons (Fsp3) is 0.600. The lowest BCUT2D eigenvalue weighted by molar-refractivity contribution is -0.0771. The fourth-order valence-electron chi connectivity index (χ4n) is 2.97. The molecule has 2 aliphatic rings. The van der Waals surface area contributed by atoms with Gasteiger partial charge in [0.05, 0.1) is 12.7 Å². The fourth-order valence-corrected chi connectivity index (χ4v) is 3.35. The first-order chi connectivity index (χ1) is 8.98. The van der Waals surface area contributed by atoms with E-state index in [9.17, 15) is 5.11 Å². The van der Waals surface area contributed by atoms with Gasteiger partial charge in [0, 0.05) is 34.0 Å². The zero-order valence-electron chi connectivity index (χ0n) is 11.3. The van der Waals surface area contributed by atoms with Crippen LogP contribution in [0.5, 0.6) is 5.75 Å². The van der Waals surface area contributed by atoms with Gasteiger partial charge in [-0.15, -0.1) is 0 Å². The third-order valence-electron chi connectivity index (χ3n) is 4.63. The van der Waals surface area contributed by atoms with Crippen molar-refractivity contribution in [2.45, 2.75) is 44.9 Å². The molecule has 19 heavy (non-hydrogen) atoms. The number of rotatable bonds is 2. The van der Waals surface area contributed by atoms with Crippen LogP contribution < -0.4 is 10.1 Å². The van der Waals surface area contributed by atoms with Gasteiger partial charge in [-0.2, -0.15) is 0 Å². The van der Waals surface area contributed by atoms with E-state index in [-0.39, 0.29) is 11.5 Å². The average Bonchev–Trinajstić information content (AvgIpc) is 2.39. The molecule has 4 heteroatoms. The van der Waals surface area contributed by atoms with Crippen LogP contribution in [0.15, 0.2) is 22.7 Å². The van der Waals surface area contributed by atoms with E-state index in [0.717, 1.165) is 29.7 Å². The molecule has 0 amide bonds. The number of ether oxygens (including phenoxy) is 1. The van der Waals surface area contributed by atoms with Crippen molar-refractivity contribution in [2.24, 2.45) is 5.41 Å². The number of halogens is 1. The lowest BCUT2D eigenvalue weighted by Crippen LogP contribution is -2.60. The van der Waals surface area contributed by atoms with Gasteiger partial charge in [-0.3, -0.25) is 0 Å². The molecule has 3 unspecified atom stereocenters. The van der Waals surface area contributed by atoms with Crippen molar-refractivity contribution in [1.82, 2.24) is 5.32 Å². The Kier molecular flexibility index (Phi) is 3.36. The Bertz CT molecular complexity index is 489. The molecule has 1 heterocycles. The van der Waals surface area contributed by atoms with Gasteiger partial charge in [0.1, 0.15) is 5.75 Å². The predicted octanol–water partition coefficient (Wildman–Crippen LogP) is 3.02. The largest absolute Gasteiger partial charge is 0.493 e. The Labute approximate surface area is 122 Å². The summed E-state index contributed by atoms with van der Waals surface area (Å²) in [4.78, 5) is 0. The highest BCUT2D eigenvalue weighted by Crippen LogP contribution is 2.43. The molecule has 3 rings (SSSR count). The van der Waals surface area contributed by atoms with Crippen molar-refractivity contribution in [3.63, 3.8) is 0 Å². The number of hydrogen-bond acceptors (Lipinski definition) is 3. The highest BCUT2D eigenvalue weighted by molar-refractivity contribution is 9.10. The Balaban J connectivity index is 1.79. The summed E-state index contributed by atoms with van der Waals surface area (Å²) in [6, 6.07) is 6.86. The van der Waals surface area contributed by atoms with Crippen LogP contribution >= 0.6 is 15.9 Å². The number of hydrogen-bond donors (Lipinski definition) is 2. The van der Waals surface area contributed by atoms with Crippen molar-refractivity contribution in [3.8, 4) is 5.75 Å². The minimum atomic E-state index is -0.188. The first-order valence-electron chi connectivity index (χ1n) is 6.85. The van der Waals surface area contributed by atoms with Gasteiger partial charge in [0.15, 0.2) is 0 Å². The van der Waals surface area contributed by atoms with Gasteiger partial charge in [0.2, 0.25) is 0 Å². The smallest absolute Gasteiger partial charge is 0.124 e. The summed E-state index contributed by atoms with van der Waals surface area (Å²) in [6.45, 7) is 5.00. The lowest BCUT2D eigenvalue weighted by atomic mass is 9.64. The van der Waals surface area contributed by atoms with Crippen molar-refractivity contribution < 1.29 is 9.84 Å². The van der Waals surface area contributed by atoms with Gasteiger partial charge in [0.25, 0.3) is 0 Å². The number of nitrogens with one attached hydrogen (secondary N) is 1. The Hall–Kier alpha value is -0.580. The van der Waals surface area contributed by atoms with Crippen molar-refractivity contribution in [3.05, 3.63) is 28.2 Å². The topological polar surface area (TPSA) is 41.5 Å². The van der Waals surface area contributed by atoms with Crippen LogP contribution in [0.25, 0.3) is 0 Å². The molecule has 3 atom stereocenters. The lowest BCUT2D eigenvalue weighted by Gasteiger charge is -2.51. The monoisotopic (exact) mass is 325 g/mol. The molecule has 3 nitrogen and oxygen atoms in total. The first-order valence-corrected chi connectivity index (χ1v) is 7.64. The van der Waals surface area contributed by atoms with Gasteiger partial charge in [-0.05, 0) is 24.6 Å². The molecule has 0 bridgehead atoms. The Morgan fingerprint density at radius 2 is 2.21 bits per heavy atom. The van der Waals surface area contributed by atoms with E-state index >= 15 is 0 Å². The van der Waals surface area contributed by atoms with Gasteiger partial charge in [-0.25, -0.2) is 0 Å². The van der Waals surface area contributed by atoms with Gasteiger partial charge >= 0.3 is 0 Å². The van der Waals surface area contributed by atoms with E-state index in [4.69, 9.17) is 4.74 Å². The van der Waals surface area contributed by atoms with Crippen LogP contribution in [0.2, 0.25) is 0 Å². The van der Waals surface area contributed by atoms with Gasteiger partial charge in [-0.1, -0.05) is 29.8 Å². The van der Waals surface area contributed by atoms with Crippen LogP contribution in [-0.4, -0.2) is 23.9 Å². The zero-order valence-corrected chi connectivity index (χ0v) is 12.9. The number of aliphatic hydroxyl groups is 1. The minimum Gasteiger partial charge on any atom is -0.493 e. The maximum atomic E-state index is 9.84. The second-order valence-electron chi connectivity index (χ2n) is 6.16. The molecule has 1 saturated carbocycles. The quantitative estimate of drug-likeness (QED) is 0.878. The van der Waals surface area contributed by atoms with Crippen molar-refractivity contribution in [2.75, 3.05) is 6.61 Å². The summed E-state index contributed by atoms with van der Waals surface area (Å²) in [7, 11) is 0. The summed E-state index contributed by atoms with van der Waals surface area (Å²) in [5.74, 6) is 0.977.